The van der Waals surface area contributed by atoms with E-state index in [1.54, 1.807) is 0 Å². The molecule has 1 aromatic rings. The van der Waals surface area contributed by atoms with Crippen LogP contribution in [0.4, 0.5) is 0 Å². The van der Waals surface area contributed by atoms with Crippen molar-refractivity contribution in [2.75, 3.05) is 6.54 Å². The van der Waals surface area contributed by atoms with Crippen molar-refractivity contribution in [1.29, 1.82) is 0 Å². The van der Waals surface area contributed by atoms with Crippen molar-refractivity contribution in [3.8, 4) is 0 Å². The molecule has 7 nitrogen and oxygen atoms in total. The number of hydrogen-bond acceptors (Lipinski definition) is 5. The van der Waals surface area contributed by atoms with E-state index in [-0.39, 0.29) is 18.6 Å². The summed E-state index contributed by atoms with van der Waals surface area (Å²) < 4.78 is 0. The Morgan fingerprint density at radius 1 is 1.53 bits per heavy atom. The zero-order chi connectivity index (χ0) is 12.8. The Hall–Kier alpha value is -1.73. The standard InChI is InChI=1S/C10H16N4O3/c11-4-3-7-9(14-5-13-7)10(17)6(12)1-2-8(15)16/h5-6H,1-4,11-12H2,(H,13,14)(H,15,16)/t6-/m0/s1. The largest absolute Gasteiger partial charge is 0.481 e. The highest BCUT2D eigenvalue weighted by molar-refractivity contribution is 5.99. The first-order chi connectivity index (χ1) is 8.06. The minimum atomic E-state index is -0.972. The molecule has 0 fully saturated rings. The van der Waals surface area contributed by atoms with E-state index in [1.807, 2.05) is 0 Å². The van der Waals surface area contributed by atoms with Crippen molar-refractivity contribution >= 4 is 11.8 Å². The van der Waals surface area contributed by atoms with Gasteiger partial charge in [-0.1, -0.05) is 0 Å². The van der Waals surface area contributed by atoms with Crippen LogP contribution in [0, 0.1) is 0 Å². The molecule has 6 N–H and O–H groups in total. The Balaban J connectivity index is 2.67. The van der Waals surface area contributed by atoms with Crippen LogP contribution in [0.3, 0.4) is 0 Å². The Kier molecular flexibility index (Phi) is 4.80. The van der Waals surface area contributed by atoms with Gasteiger partial charge in [-0.2, -0.15) is 0 Å². The predicted octanol–water partition coefficient (Wildman–Crippen LogP) is -0.714. The number of aliphatic carboxylic acids is 1. The van der Waals surface area contributed by atoms with E-state index in [1.165, 1.54) is 6.33 Å². The summed E-state index contributed by atoms with van der Waals surface area (Å²) in [5, 5.41) is 8.51. The summed E-state index contributed by atoms with van der Waals surface area (Å²) >= 11 is 0. The number of nitrogens with one attached hydrogen (secondary N) is 1. The van der Waals surface area contributed by atoms with Crippen LogP contribution in [0.15, 0.2) is 6.33 Å². The SMILES string of the molecule is NCCc1nc[nH]c1C(=O)[C@@H](N)CCC(=O)O. The van der Waals surface area contributed by atoms with Gasteiger partial charge in [0.1, 0.15) is 5.69 Å². The van der Waals surface area contributed by atoms with Gasteiger partial charge in [0.2, 0.25) is 0 Å². The molecular formula is C10H16N4O3. The van der Waals surface area contributed by atoms with Gasteiger partial charge in [-0.05, 0) is 13.0 Å². The molecule has 0 spiro atoms. The van der Waals surface area contributed by atoms with Crippen LogP contribution in [0.25, 0.3) is 0 Å². The van der Waals surface area contributed by atoms with E-state index in [2.05, 4.69) is 9.97 Å². The molecule has 7 heteroatoms. The lowest BCUT2D eigenvalue weighted by Crippen LogP contribution is -2.32. The number of imidazole rings is 1. The van der Waals surface area contributed by atoms with Crippen LogP contribution in [-0.2, 0) is 11.2 Å². The topological polar surface area (TPSA) is 135 Å². The summed E-state index contributed by atoms with van der Waals surface area (Å²) in [5.41, 5.74) is 11.9. The van der Waals surface area contributed by atoms with Gasteiger partial charge >= 0.3 is 5.97 Å². The molecule has 0 aliphatic carbocycles. The van der Waals surface area contributed by atoms with Crippen molar-refractivity contribution < 1.29 is 14.7 Å². The van der Waals surface area contributed by atoms with Crippen LogP contribution in [-0.4, -0.2) is 39.4 Å². The zero-order valence-electron chi connectivity index (χ0n) is 9.35. The summed E-state index contributed by atoms with van der Waals surface area (Å²) in [6.07, 6.45) is 1.86. The van der Waals surface area contributed by atoms with Gasteiger partial charge in [-0.25, -0.2) is 4.98 Å². The first-order valence-electron chi connectivity index (χ1n) is 5.30. The summed E-state index contributed by atoms with van der Waals surface area (Å²) in [4.78, 5) is 29.0. The number of nitrogens with zero attached hydrogens (tertiary/aromatic N) is 1. The molecule has 0 aliphatic heterocycles. The van der Waals surface area contributed by atoms with E-state index in [4.69, 9.17) is 16.6 Å². The van der Waals surface area contributed by atoms with Gasteiger partial charge in [0.25, 0.3) is 0 Å². The van der Waals surface area contributed by atoms with Gasteiger partial charge in [-0.3, -0.25) is 9.59 Å². The Labute approximate surface area is 98.2 Å². The van der Waals surface area contributed by atoms with E-state index >= 15 is 0 Å². The number of ketones is 1. The third-order valence-electron chi connectivity index (χ3n) is 2.35. The summed E-state index contributed by atoms with van der Waals surface area (Å²) in [6.45, 7) is 0.384. The minimum Gasteiger partial charge on any atom is -0.481 e. The summed E-state index contributed by atoms with van der Waals surface area (Å²) in [6, 6.07) is -0.830. The fourth-order valence-corrected chi connectivity index (χ4v) is 1.46. The van der Waals surface area contributed by atoms with E-state index < -0.39 is 12.0 Å². The molecule has 0 amide bonds. The number of aromatic nitrogens is 2. The van der Waals surface area contributed by atoms with Crippen LogP contribution in [0.1, 0.15) is 29.0 Å². The highest BCUT2D eigenvalue weighted by Gasteiger charge is 2.21. The Bertz CT molecular complexity index is 402. The maximum Gasteiger partial charge on any atom is 0.303 e. The molecule has 1 heterocycles. The first-order valence-corrected chi connectivity index (χ1v) is 5.30. The second kappa shape index (κ2) is 6.12. The third-order valence-corrected chi connectivity index (χ3v) is 2.35. The molecule has 1 rings (SSSR count). The van der Waals surface area contributed by atoms with E-state index in [0.717, 1.165) is 0 Å². The monoisotopic (exact) mass is 240 g/mol. The quantitative estimate of drug-likeness (QED) is 0.465. The number of aromatic amines is 1. The van der Waals surface area contributed by atoms with Gasteiger partial charge in [-0.15, -0.1) is 0 Å². The number of carbonyl (C=O) groups is 2. The molecule has 0 saturated heterocycles. The number of nitrogens with two attached hydrogens (primary N) is 2. The van der Waals surface area contributed by atoms with Crippen molar-refractivity contribution in [3.05, 3.63) is 17.7 Å². The van der Waals surface area contributed by atoms with Crippen LogP contribution < -0.4 is 11.5 Å². The smallest absolute Gasteiger partial charge is 0.303 e. The number of rotatable bonds is 7. The van der Waals surface area contributed by atoms with Crippen molar-refractivity contribution in [2.24, 2.45) is 11.5 Å². The van der Waals surface area contributed by atoms with Crippen LogP contribution >= 0.6 is 0 Å². The highest BCUT2D eigenvalue weighted by atomic mass is 16.4. The molecule has 0 saturated carbocycles. The maximum atomic E-state index is 11.9. The average molecular weight is 240 g/mol. The molecule has 0 bridgehead atoms. The predicted molar refractivity (Wildman–Crippen MR) is 60.5 cm³/mol. The molecule has 0 radical (unpaired) electrons. The molecule has 0 aliphatic rings. The van der Waals surface area contributed by atoms with Gasteiger partial charge < -0.3 is 21.6 Å². The Morgan fingerprint density at radius 3 is 2.82 bits per heavy atom. The minimum absolute atomic E-state index is 0.106. The number of carbonyl (C=O) groups excluding carboxylic acids is 1. The normalized spacial score (nSPS) is 12.4. The van der Waals surface area contributed by atoms with E-state index in [9.17, 15) is 9.59 Å². The zero-order valence-corrected chi connectivity index (χ0v) is 9.35. The van der Waals surface area contributed by atoms with Crippen molar-refractivity contribution in [1.82, 2.24) is 9.97 Å². The van der Waals surface area contributed by atoms with Gasteiger partial charge in [0, 0.05) is 12.8 Å². The second-order valence-corrected chi connectivity index (χ2v) is 3.67. The van der Waals surface area contributed by atoms with Gasteiger partial charge in [0.05, 0.1) is 18.1 Å². The van der Waals surface area contributed by atoms with Crippen molar-refractivity contribution in [3.63, 3.8) is 0 Å². The van der Waals surface area contributed by atoms with E-state index in [0.29, 0.717) is 24.4 Å². The maximum absolute atomic E-state index is 11.9. The van der Waals surface area contributed by atoms with Crippen LogP contribution in [0.5, 0.6) is 0 Å². The lowest BCUT2D eigenvalue weighted by molar-refractivity contribution is -0.137. The molecule has 1 atom stereocenters. The lowest BCUT2D eigenvalue weighted by Gasteiger charge is -2.08. The average Bonchev–Trinajstić information content (AvgIpc) is 2.73. The summed E-state index contributed by atoms with van der Waals surface area (Å²) in [5.74, 6) is -1.30. The summed E-state index contributed by atoms with van der Waals surface area (Å²) in [7, 11) is 0. The third kappa shape index (κ3) is 3.65. The Morgan fingerprint density at radius 2 is 2.24 bits per heavy atom. The number of hydrogen-bond donors (Lipinski definition) is 4. The molecule has 94 valence electrons. The number of carboxylic acid groups (broad SMARTS) is 1. The fourth-order valence-electron chi connectivity index (χ4n) is 1.46. The molecule has 1 aromatic heterocycles. The lowest BCUT2D eigenvalue weighted by atomic mass is 10.0. The van der Waals surface area contributed by atoms with Crippen molar-refractivity contribution in [2.45, 2.75) is 25.3 Å². The van der Waals surface area contributed by atoms with Crippen LogP contribution in [0.2, 0.25) is 0 Å². The van der Waals surface area contributed by atoms with Gasteiger partial charge in [0.15, 0.2) is 5.78 Å². The second-order valence-electron chi connectivity index (χ2n) is 3.67. The number of Topliss-reactive ketones (excluding diaryl/α,β-unsaturated/α-hetero) is 1. The molecule has 0 unspecified atom stereocenters. The first kappa shape index (κ1) is 13.3. The highest BCUT2D eigenvalue weighted by Crippen LogP contribution is 2.08. The molecular weight excluding hydrogens is 224 g/mol. The molecule has 0 aromatic carbocycles. The molecule has 17 heavy (non-hydrogen) atoms. The number of carboxylic acids is 1. The number of H-pyrrole nitrogens is 1. The fraction of sp³-hybridized carbons (Fsp3) is 0.500.